The minimum atomic E-state index is -0.0922. The van der Waals surface area contributed by atoms with Crippen molar-refractivity contribution >= 4 is 39.3 Å². The standard InChI is InChI=1S/C13H13BrN2O2S/c1-8-9(2)18-13(15-8)19-7-12(17)16-11-6-4-3-5-10(11)14/h3-6H,7H2,1-2H3,(H,16,17). The number of para-hydroxylation sites is 1. The third-order valence-electron chi connectivity index (χ3n) is 2.48. The van der Waals surface area contributed by atoms with Gasteiger partial charge in [-0.2, -0.15) is 0 Å². The molecule has 1 aromatic heterocycles. The molecule has 1 N–H and O–H groups in total. The van der Waals surface area contributed by atoms with Crippen molar-refractivity contribution in [3.8, 4) is 0 Å². The number of nitrogens with zero attached hydrogens (tertiary/aromatic N) is 1. The Morgan fingerprint density at radius 1 is 1.42 bits per heavy atom. The maximum atomic E-state index is 11.8. The molecule has 1 amide bonds. The van der Waals surface area contributed by atoms with E-state index in [1.807, 2.05) is 38.1 Å². The summed E-state index contributed by atoms with van der Waals surface area (Å²) in [5.41, 5.74) is 1.61. The second-order valence-electron chi connectivity index (χ2n) is 3.94. The van der Waals surface area contributed by atoms with Crippen LogP contribution in [0, 0.1) is 13.8 Å². The fraction of sp³-hybridized carbons (Fsp3) is 0.231. The maximum Gasteiger partial charge on any atom is 0.256 e. The van der Waals surface area contributed by atoms with Crippen molar-refractivity contribution in [1.82, 2.24) is 4.98 Å². The summed E-state index contributed by atoms with van der Waals surface area (Å²) in [5.74, 6) is 0.958. The molecule has 0 saturated carbocycles. The average molecular weight is 341 g/mol. The summed E-state index contributed by atoms with van der Waals surface area (Å²) >= 11 is 4.66. The van der Waals surface area contributed by atoms with Gasteiger partial charge in [0.05, 0.1) is 17.1 Å². The highest BCUT2D eigenvalue weighted by Crippen LogP contribution is 2.23. The zero-order chi connectivity index (χ0) is 13.8. The first-order valence-corrected chi connectivity index (χ1v) is 7.45. The van der Waals surface area contributed by atoms with E-state index in [0.717, 1.165) is 21.6 Å². The number of aromatic nitrogens is 1. The van der Waals surface area contributed by atoms with Gasteiger partial charge in [-0.1, -0.05) is 23.9 Å². The third kappa shape index (κ3) is 3.84. The lowest BCUT2D eigenvalue weighted by Gasteiger charge is -2.05. The first kappa shape index (κ1) is 14.1. The van der Waals surface area contributed by atoms with Crippen molar-refractivity contribution in [2.24, 2.45) is 0 Å². The molecule has 0 spiro atoms. The van der Waals surface area contributed by atoms with Crippen LogP contribution in [0.25, 0.3) is 0 Å². The molecular weight excluding hydrogens is 328 g/mol. The van der Waals surface area contributed by atoms with Crippen molar-refractivity contribution in [1.29, 1.82) is 0 Å². The topological polar surface area (TPSA) is 55.1 Å². The Hall–Kier alpha value is -1.27. The molecule has 2 rings (SSSR count). The molecule has 100 valence electrons. The van der Waals surface area contributed by atoms with Crippen LogP contribution in [0.15, 0.2) is 38.4 Å². The summed E-state index contributed by atoms with van der Waals surface area (Å²) in [7, 11) is 0. The van der Waals surface area contributed by atoms with Gasteiger partial charge in [0.2, 0.25) is 5.91 Å². The predicted octanol–water partition coefficient (Wildman–Crippen LogP) is 3.78. The van der Waals surface area contributed by atoms with Gasteiger partial charge >= 0.3 is 0 Å². The zero-order valence-corrected chi connectivity index (χ0v) is 13.0. The molecule has 0 atom stereocenters. The Morgan fingerprint density at radius 3 is 2.79 bits per heavy atom. The highest BCUT2D eigenvalue weighted by Gasteiger charge is 2.10. The van der Waals surface area contributed by atoms with Crippen molar-refractivity contribution in [3.05, 3.63) is 40.2 Å². The zero-order valence-electron chi connectivity index (χ0n) is 10.6. The van der Waals surface area contributed by atoms with Gasteiger partial charge in [0.25, 0.3) is 5.22 Å². The van der Waals surface area contributed by atoms with Gasteiger partial charge in [-0.05, 0) is 41.9 Å². The van der Waals surface area contributed by atoms with Crippen molar-refractivity contribution in [2.45, 2.75) is 19.1 Å². The first-order valence-electron chi connectivity index (χ1n) is 5.67. The Labute approximate surface area is 124 Å². The van der Waals surface area contributed by atoms with Gasteiger partial charge in [-0.15, -0.1) is 0 Å². The number of hydrogen-bond donors (Lipinski definition) is 1. The Balaban J connectivity index is 1.90. The second-order valence-corrected chi connectivity index (χ2v) is 5.72. The lowest BCUT2D eigenvalue weighted by molar-refractivity contribution is -0.113. The van der Waals surface area contributed by atoms with Crippen LogP contribution < -0.4 is 5.32 Å². The summed E-state index contributed by atoms with van der Waals surface area (Å²) < 4.78 is 6.26. The van der Waals surface area contributed by atoms with E-state index in [1.165, 1.54) is 11.8 Å². The molecule has 0 fully saturated rings. The highest BCUT2D eigenvalue weighted by molar-refractivity contribution is 9.10. The van der Waals surface area contributed by atoms with Crippen LogP contribution in [-0.4, -0.2) is 16.6 Å². The number of anilines is 1. The molecule has 0 saturated heterocycles. The molecule has 2 aromatic rings. The predicted molar refractivity (Wildman–Crippen MR) is 79.5 cm³/mol. The van der Waals surface area contributed by atoms with Gasteiger partial charge < -0.3 is 9.73 Å². The molecular formula is C13H13BrN2O2S. The van der Waals surface area contributed by atoms with Gasteiger partial charge in [0.1, 0.15) is 5.76 Å². The number of carbonyl (C=O) groups is 1. The molecule has 0 aliphatic carbocycles. The fourth-order valence-corrected chi connectivity index (χ4v) is 2.48. The van der Waals surface area contributed by atoms with Crippen LogP contribution in [0.3, 0.4) is 0 Å². The van der Waals surface area contributed by atoms with Crippen molar-refractivity contribution in [2.75, 3.05) is 11.1 Å². The number of carbonyl (C=O) groups excluding carboxylic acids is 1. The van der Waals surface area contributed by atoms with Gasteiger partial charge in [0.15, 0.2) is 0 Å². The largest absolute Gasteiger partial charge is 0.437 e. The normalized spacial score (nSPS) is 10.5. The second kappa shape index (κ2) is 6.25. The summed E-state index contributed by atoms with van der Waals surface area (Å²) in [6.07, 6.45) is 0. The number of thioether (sulfide) groups is 1. The van der Waals surface area contributed by atoms with E-state index in [4.69, 9.17) is 4.42 Å². The number of benzene rings is 1. The van der Waals surface area contributed by atoms with Gasteiger partial charge in [-0.25, -0.2) is 4.98 Å². The molecule has 0 unspecified atom stereocenters. The molecule has 4 nitrogen and oxygen atoms in total. The van der Waals surface area contributed by atoms with E-state index in [2.05, 4.69) is 26.2 Å². The van der Waals surface area contributed by atoms with Crippen molar-refractivity contribution in [3.63, 3.8) is 0 Å². The van der Waals surface area contributed by atoms with Crippen molar-refractivity contribution < 1.29 is 9.21 Å². The minimum Gasteiger partial charge on any atom is -0.437 e. The fourth-order valence-electron chi connectivity index (χ4n) is 1.38. The SMILES string of the molecule is Cc1nc(SCC(=O)Nc2ccccc2Br)oc1C. The minimum absolute atomic E-state index is 0.0922. The van der Waals surface area contributed by atoms with E-state index in [1.54, 1.807) is 0 Å². The molecule has 0 bridgehead atoms. The van der Waals surface area contributed by atoms with E-state index in [-0.39, 0.29) is 11.7 Å². The molecule has 0 aliphatic rings. The summed E-state index contributed by atoms with van der Waals surface area (Å²) in [6, 6.07) is 7.48. The van der Waals surface area contributed by atoms with E-state index in [0.29, 0.717) is 5.22 Å². The lowest BCUT2D eigenvalue weighted by atomic mass is 10.3. The number of aryl methyl sites for hydroxylation is 2. The monoisotopic (exact) mass is 340 g/mol. The van der Waals surface area contributed by atoms with Crippen LogP contribution in [-0.2, 0) is 4.79 Å². The molecule has 1 heterocycles. The molecule has 1 aromatic carbocycles. The van der Waals surface area contributed by atoms with E-state index >= 15 is 0 Å². The van der Waals surface area contributed by atoms with Crippen LogP contribution in [0.2, 0.25) is 0 Å². The number of nitrogens with one attached hydrogen (secondary N) is 1. The smallest absolute Gasteiger partial charge is 0.256 e. The Kier molecular flexibility index (Phi) is 4.66. The molecule has 0 radical (unpaired) electrons. The first-order chi connectivity index (χ1) is 9.06. The summed E-state index contributed by atoms with van der Waals surface area (Å²) in [4.78, 5) is 16.0. The third-order valence-corrected chi connectivity index (χ3v) is 4.00. The number of oxazole rings is 1. The average Bonchev–Trinajstić information content (AvgIpc) is 2.69. The maximum absolute atomic E-state index is 11.8. The number of hydrogen-bond acceptors (Lipinski definition) is 4. The number of halogens is 1. The quantitative estimate of drug-likeness (QED) is 0.860. The Bertz CT molecular complexity index is 579. The lowest BCUT2D eigenvalue weighted by Crippen LogP contribution is -2.14. The molecule has 6 heteroatoms. The van der Waals surface area contributed by atoms with Crippen LogP contribution in [0.1, 0.15) is 11.5 Å². The number of amides is 1. The summed E-state index contributed by atoms with van der Waals surface area (Å²) in [6.45, 7) is 3.73. The summed E-state index contributed by atoms with van der Waals surface area (Å²) in [5, 5.41) is 3.35. The molecule has 0 aliphatic heterocycles. The van der Waals surface area contributed by atoms with E-state index < -0.39 is 0 Å². The van der Waals surface area contributed by atoms with Crippen LogP contribution in [0.5, 0.6) is 0 Å². The highest BCUT2D eigenvalue weighted by atomic mass is 79.9. The van der Waals surface area contributed by atoms with E-state index in [9.17, 15) is 4.79 Å². The van der Waals surface area contributed by atoms with Gasteiger partial charge in [-0.3, -0.25) is 4.79 Å². The molecule has 19 heavy (non-hydrogen) atoms. The Morgan fingerprint density at radius 2 is 2.16 bits per heavy atom. The van der Waals surface area contributed by atoms with Crippen LogP contribution in [0.4, 0.5) is 5.69 Å². The van der Waals surface area contributed by atoms with Crippen LogP contribution >= 0.6 is 27.7 Å². The van der Waals surface area contributed by atoms with Gasteiger partial charge in [0, 0.05) is 4.47 Å². The number of rotatable bonds is 4.